The van der Waals surface area contributed by atoms with Crippen LogP contribution in [-0.4, -0.2) is 23.8 Å². The van der Waals surface area contributed by atoms with Gasteiger partial charge in [-0.2, -0.15) is 0 Å². The largest absolute Gasteiger partial charge is 0.292 e. The maximum Gasteiger partial charge on any atom is 0.237 e. The van der Waals surface area contributed by atoms with Gasteiger partial charge in [0.15, 0.2) is 0 Å². The molecule has 0 fully saturated rings. The Morgan fingerprint density at radius 3 is 1.37 bits per heavy atom. The normalized spacial score (nSPS) is 11.6. The molecule has 258 valence electrons. The molecular weight excluding hydrogens is 661 g/mol. The molecule has 0 aliphatic carbocycles. The minimum absolute atomic E-state index is 0.867. The number of hydrogen-bond acceptors (Lipinski definition) is 2. The van der Waals surface area contributed by atoms with Crippen molar-refractivity contribution in [3.05, 3.63) is 187 Å². The second-order valence-corrected chi connectivity index (χ2v) is 14.0. The SMILES string of the molecule is Cc1ccccc1-n1c(-c2cc(-c3nc4ccccc4n3-c3ccccc3C)cc(-[n+]3cc4ccccc4n3-c3ccccc3C)c2)nc2ccccc21. The Labute approximate surface area is 313 Å². The van der Waals surface area contributed by atoms with Gasteiger partial charge in [-0.15, -0.1) is 4.68 Å². The number of nitrogens with zero attached hydrogens (tertiary/aromatic N) is 6. The molecule has 6 nitrogen and oxygen atoms in total. The van der Waals surface area contributed by atoms with Crippen molar-refractivity contribution in [1.29, 1.82) is 0 Å². The molecule has 0 saturated carbocycles. The average Bonchev–Trinajstić information content (AvgIpc) is 3.91. The fourth-order valence-corrected chi connectivity index (χ4v) is 7.89. The molecule has 7 aromatic carbocycles. The van der Waals surface area contributed by atoms with Crippen molar-refractivity contribution >= 4 is 33.0 Å². The van der Waals surface area contributed by atoms with Crippen LogP contribution in [0.15, 0.2) is 170 Å². The maximum absolute atomic E-state index is 5.36. The van der Waals surface area contributed by atoms with Gasteiger partial charge >= 0.3 is 0 Å². The van der Waals surface area contributed by atoms with Gasteiger partial charge in [0.1, 0.15) is 22.9 Å². The lowest BCUT2D eigenvalue weighted by atomic mass is 10.1. The summed E-state index contributed by atoms with van der Waals surface area (Å²) in [5.74, 6) is 1.73. The van der Waals surface area contributed by atoms with Crippen LogP contribution in [0.1, 0.15) is 16.7 Å². The van der Waals surface area contributed by atoms with E-state index in [4.69, 9.17) is 9.97 Å². The molecule has 0 amide bonds. The van der Waals surface area contributed by atoms with E-state index >= 15 is 0 Å². The second-order valence-electron chi connectivity index (χ2n) is 14.0. The topological polar surface area (TPSA) is 44.5 Å². The molecular formula is C48H37N6+. The van der Waals surface area contributed by atoms with Crippen molar-refractivity contribution < 1.29 is 4.68 Å². The van der Waals surface area contributed by atoms with Gasteiger partial charge in [0.05, 0.1) is 38.8 Å². The Hall–Kier alpha value is -7.05. The monoisotopic (exact) mass is 697 g/mol. The fourth-order valence-electron chi connectivity index (χ4n) is 7.89. The summed E-state index contributed by atoms with van der Waals surface area (Å²) in [6.45, 7) is 6.50. The highest BCUT2D eigenvalue weighted by Crippen LogP contribution is 2.36. The third kappa shape index (κ3) is 5.06. The standard InChI is InChI=1S/C48H37N6/c1-32-16-4-10-22-41(32)52-45-26-14-8-20-39(45)49-47(52)36-28-37(48-50-40-21-9-15-27-46(40)53(48)42-23-11-5-17-33(42)2)30-38(29-36)51-31-35-19-7-13-25-44(35)54(51)43-24-12-6-18-34(43)3/h4-31H,1-3H3/q+1. The summed E-state index contributed by atoms with van der Waals surface area (Å²) in [5.41, 5.74) is 14.9. The summed E-state index contributed by atoms with van der Waals surface area (Å²) >= 11 is 0. The Morgan fingerprint density at radius 2 is 0.852 bits per heavy atom. The maximum atomic E-state index is 5.36. The smallest absolute Gasteiger partial charge is 0.237 e. The van der Waals surface area contributed by atoms with E-state index in [1.165, 1.54) is 16.7 Å². The van der Waals surface area contributed by atoms with Gasteiger partial charge < -0.3 is 0 Å². The molecule has 54 heavy (non-hydrogen) atoms. The van der Waals surface area contributed by atoms with Gasteiger partial charge in [0.25, 0.3) is 0 Å². The van der Waals surface area contributed by atoms with Crippen LogP contribution in [0, 0.1) is 20.8 Å². The van der Waals surface area contributed by atoms with E-state index in [0.29, 0.717) is 0 Å². The Bertz CT molecular complexity index is 2710. The molecule has 10 aromatic rings. The Balaban J connectivity index is 1.33. The third-order valence-electron chi connectivity index (χ3n) is 10.5. The van der Waals surface area contributed by atoms with Crippen LogP contribution in [0.4, 0.5) is 0 Å². The highest BCUT2D eigenvalue weighted by Gasteiger charge is 2.26. The summed E-state index contributed by atoms with van der Waals surface area (Å²) in [6.07, 6.45) is 2.24. The van der Waals surface area contributed by atoms with Gasteiger partial charge in [0.2, 0.25) is 11.9 Å². The average molecular weight is 698 g/mol. The van der Waals surface area contributed by atoms with Crippen molar-refractivity contribution in [2.24, 2.45) is 0 Å². The lowest BCUT2D eigenvalue weighted by molar-refractivity contribution is -0.672. The molecule has 0 saturated heterocycles. The van der Waals surface area contributed by atoms with Crippen molar-refractivity contribution in [3.63, 3.8) is 0 Å². The minimum atomic E-state index is 0.867. The van der Waals surface area contributed by atoms with Gasteiger partial charge in [-0.3, -0.25) is 9.13 Å². The molecule has 0 unspecified atom stereocenters. The summed E-state index contributed by atoms with van der Waals surface area (Å²) in [4.78, 5) is 10.7. The van der Waals surface area contributed by atoms with Gasteiger partial charge in [-0.1, -0.05) is 95.7 Å². The molecule has 10 rings (SSSR count). The van der Waals surface area contributed by atoms with Gasteiger partial charge in [0, 0.05) is 23.3 Å². The summed E-state index contributed by atoms with van der Waals surface area (Å²) in [6, 6.07) is 57.8. The Morgan fingerprint density at radius 1 is 0.426 bits per heavy atom. The zero-order valence-corrected chi connectivity index (χ0v) is 30.3. The van der Waals surface area contributed by atoms with E-state index in [0.717, 1.165) is 78.5 Å². The van der Waals surface area contributed by atoms with Crippen LogP contribution in [0.5, 0.6) is 0 Å². The molecule has 3 heterocycles. The van der Waals surface area contributed by atoms with Crippen LogP contribution in [-0.2, 0) is 0 Å². The molecule has 0 aliphatic rings. The van der Waals surface area contributed by atoms with Crippen LogP contribution >= 0.6 is 0 Å². The highest BCUT2D eigenvalue weighted by atomic mass is 15.4. The molecule has 0 N–H and O–H groups in total. The van der Waals surface area contributed by atoms with Gasteiger partial charge in [-0.25, -0.2) is 9.97 Å². The van der Waals surface area contributed by atoms with E-state index in [1.54, 1.807) is 0 Å². The number of benzene rings is 7. The van der Waals surface area contributed by atoms with E-state index in [9.17, 15) is 0 Å². The van der Waals surface area contributed by atoms with Crippen LogP contribution < -0.4 is 4.68 Å². The zero-order chi connectivity index (χ0) is 36.3. The van der Waals surface area contributed by atoms with E-state index < -0.39 is 0 Å². The lowest BCUT2D eigenvalue weighted by Crippen LogP contribution is -2.39. The first kappa shape index (κ1) is 31.7. The molecule has 0 atom stereocenters. The molecule has 6 heteroatoms. The number of para-hydroxylation sites is 8. The minimum Gasteiger partial charge on any atom is -0.292 e. The molecule has 0 bridgehead atoms. The quantitative estimate of drug-likeness (QED) is 0.162. The van der Waals surface area contributed by atoms with E-state index in [-0.39, 0.29) is 0 Å². The predicted octanol–water partition coefficient (Wildman–Crippen LogP) is 10.8. The molecule has 0 aliphatic heterocycles. The zero-order valence-electron chi connectivity index (χ0n) is 30.3. The van der Waals surface area contributed by atoms with Crippen LogP contribution in [0.3, 0.4) is 0 Å². The summed E-state index contributed by atoms with van der Waals surface area (Å²) < 4.78 is 9.21. The van der Waals surface area contributed by atoms with E-state index in [2.05, 4.69) is 209 Å². The van der Waals surface area contributed by atoms with Crippen LogP contribution in [0.25, 0.3) is 78.5 Å². The first-order valence-corrected chi connectivity index (χ1v) is 18.3. The summed E-state index contributed by atoms with van der Waals surface area (Å²) in [5, 5.41) is 1.15. The van der Waals surface area contributed by atoms with Crippen molar-refractivity contribution in [2.75, 3.05) is 0 Å². The van der Waals surface area contributed by atoms with Crippen molar-refractivity contribution in [3.8, 4) is 45.5 Å². The van der Waals surface area contributed by atoms with E-state index in [1.807, 2.05) is 0 Å². The first-order chi connectivity index (χ1) is 26.5. The second kappa shape index (κ2) is 12.6. The van der Waals surface area contributed by atoms with Crippen LogP contribution in [0.2, 0.25) is 0 Å². The number of aryl methyl sites for hydroxylation is 3. The van der Waals surface area contributed by atoms with Crippen molar-refractivity contribution in [2.45, 2.75) is 20.8 Å². The Kier molecular flexibility index (Phi) is 7.37. The van der Waals surface area contributed by atoms with Crippen molar-refractivity contribution in [1.82, 2.24) is 23.8 Å². The molecule has 0 spiro atoms. The highest BCUT2D eigenvalue weighted by molar-refractivity contribution is 5.87. The molecule has 0 radical (unpaired) electrons. The third-order valence-corrected chi connectivity index (χ3v) is 10.5. The number of rotatable bonds is 6. The van der Waals surface area contributed by atoms with Gasteiger partial charge in [-0.05, 0) is 98.1 Å². The lowest BCUT2D eigenvalue weighted by Gasteiger charge is -2.15. The number of hydrogen-bond donors (Lipinski definition) is 0. The fraction of sp³-hybridized carbons (Fsp3) is 0.0625. The number of imidazole rings is 2. The number of aromatic nitrogens is 6. The molecule has 3 aromatic heterocycles. The first-order valence-electron chi connectivity index (χ1n) is 18.3. The summed E-state index contributed by atoms with van der Waals surface area (Å²) in [7, 11) is 0. The predicted molar refractivity (Wildman–Crippen MR) is 219 cm³/mol. The number of fused-ring (bicyclic) bond motifs is 3.